The lowest BCUT2D eigenvalue weighted by molar-refractivity contribution is 0.0684. The van der Waals surface area contributed by atoms with Crippen LogP contribution in [0.3, 0.4) is 0 Å². The molecule has 0 unspecified atom stereocenters. The number of carbonyl (C=O) groups excluding carboxylic acids is 1. The number of Topliss-reactive ketones (excluding diaryl/α,β-unsaturated/α-hetero) is 1. The number of hydrogen-bond acceptors (Lipinski definition) is 5. The molecule has 0 fully saturated rings. The van der Waals surface area contributed by atoms with Gasteiger partial charge in [0, 0.05) is 0 Å². The fraction of sp³-hybridized carbons (Fsp3) is 0.143. The Bertz CT molecular complexity index is 860. The highest BCUT2D eigenvalue weighted by Crippen LogP contribution is 2.13. The average Bonchev–Trinajstić information content (AvgIpc) is 2.46. The zero-order valence-corrected chi connectivity index (χ0v) is 11.7. The van der Waals surface area contributed by atoms with E-state index in [-0.39, 0.29) is 5.69 Å². The second kappa shape index (κ2) is 5.68. The summed E-state index contributed by atoms with van der Waals surface area (Å²) in [5.41, 5.74) is -3.04. The number of carboxylic acid groups (broad SMARTS) is 1. The predicted octanol–water partition coefficient (Wildman–Crippen LogP) is 0.435. The molecule has 0 amide bonds. The van der Waals surface area contributed by atoms with E-state index in [2.05, 4.69) is 0 Å². The van der Waals surface area contributed by atoms with E-state index in [9.17, 15) is 19.2 Å². The molecule has 1 aromatic heterocycles. The molecule has 0 radical (unpaired) electrons. The number of aromatic nitrogens is 2. The quantitative estimate of drug-likeness (QED) is 0.791. The summed E-state index contributed by atoms with van der Waals surface area (Å²) in [4.78, 5) is 49.0. The van der Waals surface area contributed by atoms with Gasteiger partial charge >= 0.3 is 11.7 Å². The van der Waals surface area contributed by atoms with Gasteiger partial charge in [-0.15, -0.1) is 0 Å². The van der Waals surface area contributed by atoms with Gasteiger partial charge in [0.05, 0.1) is 12.8 Å². The molecule has 2 N–H and O–H groups in total. The van der Waals surface area contributed by atoms with Crippen LogP contribution in [0.25, 0.3) is 5.69 Å². The van der Waals surface area contributed by atoms with Gasteiger partial charge in [-0.2, -0.15) is 0 Å². The topological polar surface area (TPSA) is 118 Å². The maximum Gasteiger partial charge on any atom is 0.353 e. The summed E-state index contributed by atoms with van der Waals surface area (Å²) in [5, 5.41) is 9.01. The second-order valence-electron chi connectivity index (χ2n) is 4.38. The number of carbonyl (C=O) groups is 2. The molecule has 0 aliphatic carbocycles. The molecule has 1 aromatic carbocycles. The van der Waals surface area contributed by atoms with Gasteiger partial charge in [0.25, 0.3) is 5.56 Å². The number of methoxy groups -OCH3 is 1. The van der Waals surface area contributed by atoms with Gasteiger partial charge < -0.3 is 14.8 Å². The van der Waals surface area contributed by atoms with Gasteiger partial charge in [-0.25, -0.2) is 14.2 Å². The summed E-state index contributed by atoms with van der Waals surface area (Å²) in [6.07, 6.45) is 0. The van der Waals surface area contributed by atoms with E-state index in [1.807, 2.05) is 4.98 Å². The van der Waals surface area contributed by atoms with E-state index in [4.69, 9.17) is 9.84 Å². The Morgan fingerprint density at radius 3 is 2.23 bits per heavy atom. The fourth-order valence-corrected chi connectivity index (χ4v) is 1.99. The molecule has 114 valence electrons. The lowest BCUT2D eigenvalue weighted by Crippen LogP contribution is -2.39. The van der Waals surface area contributed by atoms with E-state index in [0.717, 1.165) is 6.92 Å². The van der Waals surface area contributed by atoms with Crippen molar-refractivity contribution in [2.24, 2.45) is 0 Å². The van der Waals surface area contributed by atoms with Crippen molar-refractivity contribution >= 4 is 11.8 Å². The Morgan fingerprint density at radius 2 is 1.77 bits per heavy atom. The lowest BCUT2D eigenvalue weighted by atomic mass is 10.1. The molecule has 8 heteroatoms. The minimum absolute atomic E-state index is 0.187. The lowest BCUT2D eigenvalue weighted by Gasteiger charge is -2.09. The number of ether oxygens (including phenoxy) is 1. The van der Waals surface area contributed by atoms with Crippen LogP contribution < -0.4 is 16.0 Å². The monoisotopic (exact) mass is 304 g/mol. The van der Waals surface area contributed by atoms with Gasteiger partial charge in [-0.3, -0.25) is 9.59 Å². The normalized spacial score (nSPS) is 10.3. The number of rotatable bonds is 4. The Morgan fingerprint density at radius 1 is 1.18 bits per heavy atom. The Hall–Kier alpha value is -3.16. The number of ketones is 1. The van der Waals surface area contributed by atoms with Gasteiger partial charge in [0.15, 0.2) is 5.78 Å². The van der Waals surface area contributed by atoms with E-state index >= 15 is 0 Å². The fourth-order valence-electron chi connectivity index (χ4n) is 1.99. The molecular weight excluding hydrogens is 292 g/mol. The van der Waals surface area contributed by atoms with Crippen molar-refractivity contribution < 1.29 is 19.4 Å². The summed E-state index contributed by atoms with van der Waals surface area (Å²) >= 11 is 0. The number of nitrogens with one attached hydrogen (secondary N) is 1. The highest BCUT2D eigenvalue weighted by molar-refractivity contribution is 6.03. The van der Waals surface area contributed by atoms with Gasteiger partial charge in [0.2, 0.25) is 0 Å². The molecule has 0 saturated heterocycles. The standard InChI is InChI=1S/C14H12N2O6/c1-7(17)10-11(13(19)20)15-14(21)16(12(10)18)8-3-5-9(22-2)6-4-8/h3-6H,1-2H3,(H,15,21)(H,19,20). The van der Waals surface area contributed by atoms with Gasteiger partial charge in [-0.05, 0) is 31.2 Å². The van der Waals surface area contributed by atoms with Crippen LogP contribution >= 0.6 is 0 Å². The van der Waals surface area contributed by atoms with E-state index in [1.165, 1.54) is 31.4 Å². The summed E-state index contributed by atoms with van der Waals surface area (Å²) in [6, 6.07) is 5.94. The molecule has 22 heavy (non-hydrogen) atoms. The van der Waals surface area contributed by atoms with Crippen molar-refractivity contribution in [3.8, 4) is 11.4 Å². The number of H-pyrrole nitrogens is 1. The Labute approximate surface area is 123 Å². The van der Waals surface area contributed by atoms with Crippen LogP contribution in [0.1, 0.15) is 27.8 Å². The average molecular weight is 304 g/mol. The third kappa shape index (κ3) is 2.53. The third-order valence-electron chi connectivity index (χ3n) is 3.00. The first-order valence-electron chi connectivity index (χ1n) is 6.14. The van der Waals surface area contributed by atoms with E-state index in [0.29, 0.717) is 10.3 Å². The van der Waals surface area contributed by atoms with Crippen LogP contribution in [0.2, 0.25) is 0 Å². The van der Waals surface area contributed by atoms with Gasteiger partial charge in [0.1, 0.15) is 17.0 Å². The molecule has 2 aromatic rings. The maximum absolute atomic E-state index is 12.3. The first-order valence-corrected chi connectivity index (χ1v) is 6.14. The van der Waals surface area contributed by atoms with E-state index < -0.39 is 34.3 Å². The zero-order chi connectivity index (χ0) is 16.4. The van der Waals surface area contributed by atoms with Crippen molar-refractivity contribution in [1.82, 2.24) is 9.55 Å². The van der Waals surface area contributed by atoms with E-state index in [1.54, 1.807) is 0 Å². The van der Waals surface area contributed by atoms with Crippen molar-refractivity contribution in [1.29, 1.82) is 0 Å². The summed E-state index contributed by atoms with van der Waals surface area (Å²) in [5.74, 6) is -1.79. The van der Waals surface area contributed by atoms with Crippen molar-refractivity contribution in [2.75, 3.05) is 7.11 Å². The molecular formula is C14H12N2O6. The van der Waals surface area contributed by atoms with Crippen molar-refractivity contribution in [2.45, 2.75) is 6.92 Å². The van der Waals surface area contributed by atoms with Crippen LogP contribution in [0.4, 0.5) is 0 Å². The van der Waals surface area contributed by atoms with Gasteiger partial charge in [-0.1, -0.05) is 0 Å². The molecule has 0 atom stereocenters. The molecule has 1 heterocycles. The minimum Gasteiger partial charge on any atom is -0.497 e. The molecule has 8 nitrogen and oxygen atoms in total. The number of aromatic carboxylic acids is 1. The number of hydrogen-bond donors (Lipinski definition) is 2. The predicted molar refractivity (Wildman–Crippen MR) is 76.2 cm³/mol. The summed E-state index contributed by atoms with van der Waals surface area (Å²) < 4.78 is 5.67. The first kappa shape index (κ1) is 15.2. The largest absolute Gasteiger partial charge is 0.497 e. The van der Waals surface area contributed by atoms with Crippen LogP contribution in [0, 0.1) is 0 Å². The SMILES string of the molecule is COc1ccc(-n2c(=O)[nH]c(C(=O)O)c(C(C)=O)c2=O)cc1. The minimum atomic E-state index is -1.55. The number of aromatic amines is 1. The van der Waals surface area contributed by atoms with Crippen molar-refractivity contribution in [3.63, 3.8) is 0 Å². The van der Waals surface area contributed by atoms with Crippen LogP contribution in [-0.2, 0) is 0 Å². The Balaban J connectivity index is 2.79. The van der Waals surface area contributed by atoms with Crippen molar-refractivity contribution in [3.05, 3.63) is 56.4 Å². The number of nitrogens with zero attached hydrogens (tertiary/aromatic N) is 1. The molecule has 0 saturated carbocycles. The highest BCUT2D eigenvalue weighted by atomic mass is 16.5. The van der Waals surface area contributed by atoms with Crippen LogP contribution in [0.15, 0.2) is 33.9 Å². The molecule has 0 aliphatic rings. The first-order chi connectivity index (χ1) is 10.4. The van der Waals surface area contributed by atoms with Crippen LogP contribution in [0.5, 0.6) is 5.75 Å². The maximum atomic E-state index is 12.3. The molecule has 2 rings (SSSR count). The summed E-state index contributed by atoms with van der Waals surface area (Å²) in [7, 11) is 1.46. The highest BCUT2D eigenvalue weighted by Gasteiger charge is 2.22. The van der Waals surface area contributed by atoms with Crippen LogP contribution in [-0.4, -0.2) is 33.5 Å². The smallest absolute Gasteiger partial charge is 0.353 e. The third-order valence-corrected chi connectivity index (χ3v) is 3.00. The molecule has 0 spiro atoms. The molecule has 0 aliphatic heterocycles. The second-order valence-corrected chi connectivity index (χ2v) is 4.38. The number of benzene rings is 1. The zero-order valence-electron chi connectivity index (χ0n) is 11.7. The molecule has 0 bridgehead atoms. The summed E-state index contributed by atoms with van der Waals surface area (Å²) in [6.45, 7) is 1.06. The Kier molecular flexibility index (Phi) is 3.93. The number of carboxylic acids is 1.